The first-order valence-electron chi connectivity index (χ1n) is 4.25. The highest BCUT2D eigenvalue weighted by Crippen LogP contribution is 2.11. The fourth-order valence-electron chi connectivity index (χ4n) is 1.23. The number of ether oxygens (including phenoxy) is 1. The van der Waals surface area contributed by atoms with Crippen molar-refractivity contribution in [2.24, 2.45) is 10.9 Å². The lowest BCUT2D eigenvalue weighted by atomic mass is 10.1. The molecule has 1 rings (SSSR count). The molecule has 76 valence electrons. The average Bonchev–Trinajstić information content (AvgIpc) is 2.20. The number of rotatable bonds is 3. The molecule has 0 amide bonds. The van der Waals surface area contributed by atoms with Gasteiger partial charge in [0.05, 0.1) is 6.61 Å². The maximum absolute atomic E-state index is 8.49. The summed E-state index contributed by atoms with van der Waals surface area (Å²) >= 11 is 0. The Labute approximate surface area is 83.0 Å². The molecule has 3 N–H and O–H groups in total. The summed E-state index contributed by atoms with van der Waals surface area (Å²) in [5, 5.41) is 11.4. The van der Waals surface area contributed by atoms with Crippen LogP contribution in [0.3, 0.4) is 0 Å². The summed E-state index contributed by atoms with van der Waals surface area (Å²) in [6, 6.07) is 5.58. The molecule has 1 aromatic rings. The van der Waals surface area contributed by atoms with Gasteiger partial charge in [0, 0.05) is 12.7 Å². The van der Waals surface area contributed by atoms with Crippen LogP contribution in [0.15, 0.2) is 23.4 Å². The fourth-order valence-corrected chi connectivity index (χ4v) is 1.23. The van der Waals surface area contributed by atoms with Gasteiger partial charge in [0.15, 0.2) is 5.84 Å². The summed E-state index contributed by atoms with van der Waals surface area (Å²) in [6.07, 6.45) is 0. The molecular weight excluding hydrogens is 180 g/mol. The van der Waals surface area contributed by atoms with Crippen LogP contribution in [0.25, 0.3) is 0 Å². The summed E-state index contributed by atoms with van der Waals surface area (Å²) in [6.45, 7) is 2.53. The van der Waals surface area contributed by atoms with Crippen LogP contribution in [0, 0.1) is 6.92 Å². The second-order valence-corrected chi connectivity index (χ2v) is 3.06. The van der Waals surface area contributed by atoms with Crippen LogP contribution in [0.5, 0.6) is 0 Å². The van der Waals surface area contributed by atoms with Crippen LogP contribution < -0.4 is 5.73 Å². The van der Waals surface area contributed by atoms with Crippen molar-refractivity contribution >= 4 is 5.84 Å². The van der Waals surface area contributed by atoms with E-state index in [9.17, 15) is 0 Å². The highest BCUT2D eigenvalue weighted by Gasteiger charge is 2.02. The molecule has 0 bridgehead atoms. The van der Waals surface area contributed by atoms with Gasteiger partial charge in [-0.2, -0.15) is 0 Å². The van der Waals surface area contributed by atoms with E-state index >= 15 is 0 Å². The summed E-state index contributed by atoms with van der Waals surface area (Å²) in [7, 11) is 1.65. The number of methoxy groups -OCH3 is 1. The minimum absolute atomic E-state index is 0.122. The maximum Gasteiger partial charge on any atom is 0.170 e. The summed E-state index contributed by atoms with van der Waals surface area (Å²) < 4.78 is 5.02. The molecule has 0 unspecified atom stereocenters. The number of amidine groups is 1. The summed E-state index contributed by atoms with van der Waals surface area (Å²) in [4.78, 5) is 0. The first-order valence-corrected chi connectivity index (χ1v) is 4.25. The first-order chi connectivity index (χ1) is 6.69. The predicted octanol–water partition coefficient (Wildman–Crippen LogP) is 1.24. The van der Waals surface area contributed by atoms with Crippen molar-refractivity contribution in [3.05, 3.63) is 34.9 Å². The molecule has 0 atom stereocenters. The average molecular weight is 194 g/mol. The van der Waals surface area contributed by atoms with E-state index in [0.29, 0.717) is 12.2 Å². The van der Waals surface area contributed by atoms with E-state index in [1.807, 2.05) is 19.1 Å². The molecule has 0 aromatic heterocycles. The number of hydrogen-bond acceptors (Lipinski definition) is 3. The SMILES string of the molecule is COCc1ccc(/C(N)=N/O)cc1C. The van der Waals surface area contributed by atoms with Crippen LogP contribution in [0.4, 0.5) is 0 Å². The van der Waals surface area contributed by atoms with Crippen LogP contribution in [0.1, 0.15) is 16.7 Å². The molecule has 0 saturated carbocycles. The van der Waals surface area contributed by atoms with Crippen LogP contribution >= 0.6 is 0 Å². The smallest absolute Gasteiger partial charge is 0.170 e. The quantitative estimate of drug-likeness (QED) is 0.329. The first kappa shape index (κ1) is 10.5. The van der Waals surface area contributed by atoms with Gasteiger partial charge in [0.2, 0.25) is 0 Å². The Morgan fingerprint density at radius 2 is 2.29 bits per heavy atom. The van der Waals surface area contributed by atoms with E-state index in [2.05, 4.69) is 5.16 Å². The summed E-state index contributed by atoms with van der Waals surface area (Å²) in [5.41, 5.74) is 8.33. The van der Waals surface area contributed by atoms with Crippen molar-refractivity contribution in [3.8, 4) is 0 Å². The highest BCUT2D eigenvalue weighted by atomic mass is 16.5. The molecular formula is C10H14N2O2. The van der Waals surface area contributed by atoms with E-state index in [1.54, 1.807) is 13.2 Å². The second kappa shape index (κ2) is 4.62. The molecule has 0 aliphatic rings. The topological polar surface area (TPSA) is 67.8 Å². The molecule has 0 spiro atoms. The Morgan fingerprint density at radius 3 is 2.79 bits per heavy atom. The number of nitrogens with zero attached hydrogens (tertiary/aromatic N) is 1. The van der Waals surface area contributed by atoms with Crippen molar-refractivity contribution in [2.75, 3.05) is 7.11 Å². The maximum atomic E-state index is 8.49. The lowest BCUT2D eigenvalue weighted by molar-refractivity contribution is 0.184. The number of oxime groups is 1. The second-order valence-electron chi connectivity index (χ2n) is 3.06. The van der Waals surface area contributed by atoms with Crippen molar-refractivity contribution in [1.29, 1.82) is 0 Å². The van der Waals surface area contributed by atoms with Crippen molar-refractivity contribution in [2.45, 2.75) is 13.5 Å². The van der Waals surface area contributed by atoms with Gasteiger partial charge in [0.25, 0.3) is 0 Å². The Balaban J connectivity index is 3.00. The molecule has 0 heterocycles. The van der Waals surface area contributed by atoms with Crippen LogP contribution in [-0.4, -0.2) is 18.2 Å². The van der Waals surface area contributed by atoms with Crippen molar-refractivity contribution < 1.29 is 9.94 Å². The molecule has 4 nitrogen and oxygen atoms in total. The molecule has 0 aliphatic heterocycles. The Morgan fingerprint density at radius 1 is 1.57 bits per heavy atom. The Kier molecular flexibility index (Phi) is 3.48. The van der Waals surface area contributed by atoms with Gasteiger partial charge in [-0.3, -0.25) is 0 Å². The third-order valence-electron chi connectivity index (χ3n) is 2.05. The Bertz CT molecular complexity index is 348. The minimum Gasteiger partial charge on any atom is -0.409 e. The van der Waals surface area contributed by atoms with Crippen molar-refractivity contribution in [3.63, 3.8) is 0 Å². The molecule has 0 aliphatic carbocycles. The standard InChI is InChI=1S/C10H14N2O2/c1-7-5-8(10(11)12-13)3-4-9(7)6-14-2/h3-5,13H,6H2,1-2H3,(H2,11,12). The molecule has 0 fully saturated rings. The third kappa shape index (κ3) is 2.23. The van der Waals surface area contributed by atoms with Gasteiger partial charge in [-0.25, -0.2) is 0 Å². The number of hydrogen-bond donors (Lipinski definition) is 2. The number of nitrogens with two attached hydrogens (primary N) is 1. The van der Waals surface area contributed by atoms with Gasteiger partial charge >= 0.3 is 0 Å². The van der Waals surface area contributed by atoms with Gasteiger partial charge in [-0.05, 0) is 24.1 Å². The summed E-state index contributed by atoms with van der Waals surface area (Å²) in [5.74, 6) is 0.122. The van der Waals surface area contributed by atoms with Crippen molar-refractivity contribution in [1.82, 2.24) is 0 Å². The molecule has 1 aromatic carbocycles. The molecule has 0 saturated heterocycles. The monoisotopic (exact) mass is 194 g/mol. The zero-order valence-corrected chi connectivity index (χ0v) is 8.32. The van der Waals surface area contributed by atoms with E-state index in [-0.39, 0.29) is 5.84 Å². The predicted molar refractivity (Wildman–Crippen MR) is 54.4 cm³/mol. The van der Waals surface area contributed by atoms with Crippen LogP contribution in [0.2, 0.25) is 0 Å². The van der Waals surface area contributed by atoms with Gasteiger partial charge < -0.3 is 15.7 Å². The Hall–Kier alpha value is -1.55. The number of benzene rings is 1. The van der Waals surface area contributed by atoms with Gasteiger partial charge in [-0.15, -0.1) is 0 Å². The third-order valence-corrected chi connectivity index (χ3v) is 2.05. The molecule has 0 radical (unpaired) electrons. The minimum atomic E-state index is 0.122. The molecule has 14 heavy (non-hydrogen) atoms. The number of aryl methyl sites for hydroxylation is 1. The largest absolute Gasteiger partial charge is 0.409 e. The van der Waals surface area contributed by atoms with E-state index in [0.717, 1.165) is 11.1 Å². The zero-order valence-electron chi connectivity index (χ0n) is 8.32. The van der Waals surface area contributed by atoms with E-state index in [1.165, 1.54) is 0 Å². The lowest BCUT2D eigenvalue weighted by Gasteiger charge is -2.06. The van der Waals surface area contributed by atoms with Crippen LogP contribution in [-0.2, 0) is 11.3 Å². The van der Waals surface area contributed by atoms with E-state index < -0.39 is 0 Å². The lowest BCUT2D eigenvalue weighted by Crippen LogP contribution is -2.13. The normalized spacial score (nSPS) is 11.7. The van der Waals surface area contributed by atoms with Gasteiger partial charge in [-0.1, -0.05) is 17.3 Å². The van der Waals surface area contributed by atoms with Gasteiger partial charge in [0.1, 0.15) is 0 Å². The molecule has 4 heteroatoms. The van der Waals surface area contributed by atoms with E-state index in [4.69, 9.17) is 15.7 Å². The fraction of sp³-hybridized carbons (Fsp3) is 0.300. The zero-order chi connectivity index (χ0) is 10.6. The highest BCUT2D eigenvalue weighted by molar-refractivity contribution is 5.97.